The van der Waals surface area contributed by atoms with Crippen molar-refractivity contribution < 1.29 is 9.69 Å². The van der Waals surface area contributed by atoms with Crippen molar-refractivity contribution in [3.63, 3.8) is 0 Å². The molecule has 1 N–H and O–H groups in total. The van der Waals surface area contributed by atoms with Gasteiger partial charge in [-0.2, -0.15) is 0 Å². The maximum Gasteiger partial charge on any atom is 0.249 e. The predicted octanol–water partition coefficient (Wildman–Crippen LogP) is 5.09. The number of benzene rings is 1. The van der Waals surface area contributed by atoms with Crippen LogP contribution in [0.5, 0.6) is 0 Å². The number of carbonyl (C=O) groups is 1. The van der Waals surface area contributed by atoms with Gasteiger partial charge in [-0.25, -0.2) is 4.98 Å². The van der Waals surface area contributed by atoms with E-state index >= 15 is 0 Å². The molecule has 0 radical (unpaired) electrons. The maximum absolute atomic E-state index is 12.6. The van der Waals surface area contributed by atoms with E-state index < -0.39 is 14.0 Å². The molecule has 1 unspecified atom stereocenters. The Bertz CT molecular complexity index is 939. The van der Waals surface area contributed by atoms with Crippen molar-refractivity contribution in [1.82, 2.24) is 10.3 Å². The van der Waals surface area contributed by atoms with E-state index in [0.717, 1.165) is 28.3 Å². The first kappa shape index (κ1) is 22.8. The van der Waals surface area contributed by atoms with Crippen LogP contribution in [0.4, 0.5) is 0 Å². The van der Waals surface area contributed by atoms with E-state index in [0.29, 0.717) is 12.7 Å². The quantitative estimate of drug-likeness (QED) is 0.339. The number of thiophene rings is 1. The van der Waals surface area contributed by atoms with Crippen LogP contribution in [0.25, 0.3) is 10.6 Å². The Morgan fingerprint density at radius 1 is 1.20 bits per heavy atom. The van der Waals surface area contributed by atoms with Crippen LogP contribution in [0.1, 0.15) is 30.7 Å². The number of thiazole rings is 1. The minimum Gasteiger partial charge on any atom is -0.612 e. The first-order chi connectivity index (χ1) is 14.5. The zero-order chi connectivity index (χ0) is 21.3. The number of nitrogens with one attached hydrogen (secondary N) is 1. The van der Waals surface area contributed by atoms with E-state index in [4.69, 9.17) is 0 Å². The van der Waals surface area contributed by atoms with Crippen molar-refractivity contribution in [1.29, 1.82) is 0 Å². The summed E-state index contributed by atoms with van der Waals surface area (Å²) in [6.45, 7) is 4.45. The fourth-order valence-corrected chi connectivity index (χ4v) is 5.86. The molecule has 1 amide bonds. The molecule has 0 fully saturated rings. The molecule has 1 aromatic carbocycles. The number of hydrogen-bond donors (Lipinski definition) is 1. The number of carbonyl (C=O) groups excluding carboxylic acids is 1. The molecule has 8 heteroatoms. The highest BCUT2D eigenvalue weighted by atomic mass is 32.1. The van der Waals surface area contributed by atoms with Crippen molar-refractivity contribution in [3.05, 3.63) is 63.8 Å². The molecule has 0 saturated heterocycles. The Morgan fingerprint density at radius 2 is 2.00 bits per heavy atom. The Kier molecular flexibility index (Phi) is 8.70. The van der Waals surface area contributed by atoms with Gasteiger partial charge in [0.15, 0.2) is 20.1 Å². The van der Waals surface area contributed by atoms with E-state index in [9.17, 15) is 9.69 Å². The van der Waals surface area contributed by atoms with Gasteiger partial charge < -0.3 is 10.2 Å². The lowest BCUT2D eigenvalue weighted by atomic mass is 10.0. The number of nitrogens with zero attached hydrogens (tertiary/aromatic N) is 2. The summed E-state index contributed by atoms with van der Waals surface area (Å²) in [5.41, 5.74) is 2.36. The van der Waals surface area contributed by atoms with E-state index in [1.54, 1.807) is 22.7 Å². The van der Waals surface area contributed by atoms with Gasteiger partial charge in [0.25, 0.3) is 0 Å². The molecule has 0 bridgehead atoms. The Hall–Kier alpha value is -1.92. The van der Waals surface area contributed by atoms with Crippen LogP contribution in [0.15, 0.2) is 58.1 Å². The second kappa shape index (κ2) is 11.5. The SMILES string of the molecule is CC(C)[C@H](N=[P+]([O-])Cc1cccs1)C(=O)NCCCc1ccc(-c2nccs2)cc1. The third kappa shape index (κ3) is 6.81. The lowest BCUT2D eigenvalue weighted by Gasteiger charge is -2.14. The maximum atomic E-state index is 12.6. The molecule has 5 nitrogen and oxygen atoms in total. The molecule has 0 aliphatic rings. The van der Waals surface area contributed by atoms with Gasteiger partial charge in [0.1, 0.15) is 5.01 Å². The lowest BCUT2D eigenvalue weighted by Crippen LogP contribution is -2.37. The second-order valence-corrected chi connectivity index (χ2v) is 10.5. The summed E-state index contributed by atoms with van der Waals surface area (Å²) in [5, 5.41) is 7.92. The van der Waals surface area contributed by atoms with Crippen molar-refractivity contribution >= 4 is 36.5 Å². The topological polar surface area (TPSA) is 77.4 Å². The minimum atomic E-state index is -1.79. The highest BCUT2D eigenvalue weighted by molar-refractivity contribution is 7.39. The van der Waals surface area contributed by atoms with Gasteiger partial charge in [0.05, 0.1) is 4.88 Å². The molecule has 30 heavy (non-hydrogen) atoms. The number of aryl methyl sites for hydroxylation is 1. The van der Waals surface area contributed by atoms with Crippen LogP contribution in [0.3, 0.4) is 0 Å². The van der Waals surface area contributed by atoms with Gasteiger partial charge >= 0.3 is 0 Å². The summed E-state index contributed by atoms with van der Waals surface area (Å²) in [6, 6.07) is 11.7. The number of rotatable bonds is 10. The molecule has 0 saturated carbocycles. The van der Waals surface area contributed by atoms with Crippen LogP contribution < -0.4 is 10.2 Å². The Balaban J connectivity index is 1.46. The first-order valence-electron chi connectivity index (χ1n) is 9.97. The zero-order valence-electron chi connectivity index (χ0n) is 17.2. The van der Waals surface area contributed by atoms with Crippen molar-refractivity contribution in [3.8, 4) is 10.6 Å². The molecule has 0 aliphatic carbocycles. The first-order valence-corrected chi connectivity index (χ1v) is 13.1. The van der Waals surface area contributed by atoms with Gasteiger partial charge in [-0.3, -0.25) is 4.79 Å². The summed E-state index contributed by atoms with van der Waals surface area (Å²) in [5.74, 6) is -0.135. The molecular weight excluding hydrogens is 433 g/mol. The van der Waals surface area contributed by atoms with Gasteiger partial charge in [0, 0.05) is 23.7 Å². The van der Waals surface area contributed by atoms with E-state index in [1.807, 2.05) is 42.9 Å². The second-order valence-electron chi connectivity index (χ2n) is 7.32. The summed E-state index contributed by atoms with van der Waals surface area (Å²) in [4.78, 5) is 30.3. The molecule has 0 spiro atoms. The van der Waals surface area contributed by atoms with Crippen molar-refractivity contribution in [2.75, 3.05) is 6.54 Å². The summed E-state index contributed by atoms with van der Waals surface area (Å²) in [7, 11) is -1.79. The molecule has 3 aromatic rings. The third-order valence-electron chi connectivity index (χ3n) is 4.60. The van der Waals surface area contributed by atoms with Crippen LogP contribution >= 0.6 is 30.6 Å². The highest BCUT2D eigenvalue weighted by Crippen LogP contribution is 2.27. The standard InChI is InChI=1S/C22H26N3O2PS2/c1-16(2)20(25-28(27)15-19-6-4-13-29-19)21(26)23-11-3-5-17-7-9-18(10-8-17)22-24-12-14-30-22/h4,6-10,12-14,16,20H,3,5,11,15H2,1-2H3,(H,23,26)/t20-/m0/s1. The van der Waals surface area contributed by atoms with Crippen LogP contribution in [-0.2, 0) is 17.4 Å². The Morgan fingerprint density at radius 3 is 2.63 bits per heavy atom. The summed E-state index contributed by atoms with van der Waals surface area (Å²) < 4.78 is 4.32. The van der Waals surface area contributed by atoms with E-state index in [2.05, 4.69) is 39.3 Å². The monoisotopic (exact) mass is 459 g/mol. The molecular formula is C22H26N3O2PS2. The molecule has 0 aliphatic heterocycles. The molecule has 2 aromatic heterocycles. The molecule has 2 atom stereocenters. The van der Waals surface area contributed by atoms with Crippen molar-refractivity contribution in [2.45, 2.75) is 38.9 Å². The summed E-state index contributed by atoms with van der Waals surface area (Å²) >= 11 is 3.19. The summed E-state index contributed by atoms with van der Waals surface area (Å²) in [6.07, 6.45) is 3.94. The van der Waals surface area contributed by atoms with Crippen LogP contribution in [-0.4, -0.2) is 23.5 Å². The minimum absolute atomic E-state index is 0.00527. The average molecular weight is 460 g/mol. The molecule has 3 rings (SSSR count). The third-order valence-corrected chi connectivity index (χ3v) is 7.63. The predicted molar refractivity (Wildman–Crippen MR) is 125 cm³/mol. The molecule has 2 heterocycles. The lowest BCUT2D eigenvalue weighted by molar-refractivity contribution is -0.156. The average Bonchev–Trinajstić information content (AvgIpc) is 3.44. The van der Waals surface area contributed by atoms with Gasteiger partial charge in [-0.05, 0) is 35.8 Å². The zero-order valence-corrected chi connectivity index (χ0v) is 19.7. The largest absolute Gasteiger partial charge is 0.612 e. The van der Waals surface area contributed by atoms with Gasteiger partial charge in [-0.1, -0.05) is 48.9 Å². The van der Waals surface area contributed by atoms with Crippen molar-refractivity contribution in [2.24, 2.45) is 10.7 Å². The smallest absolute Gasteiger partial charge is 0.249 e. The number of hydrogen-bond acceptors (Lipinski definition) is 6. The fourth-order valence-electron chi connectivity index (χ4n) is 2.99. The number of amides is 1. The fraction of sp³-hybridized carbons (Fsp3) is 0.364. The number of aromatic nitrogens is 1. The van der Waals surface area contributed by atoms with Crippen LogP contribution in [0, 0.1) is 5.92 Å². The highest BCUT2D eigenvalue weighted by Gasteiger charge is 2.24. The van der Waals surface area contributed by atoms with Gasteiger partial charge in [-0.15, -0.1) is 22.7 Å². The normalized spacial score (nSPS) is 12.9. The van der Waals surface area contributed by atoms with E-state index in [-0.39, 0.29) is 11.8 Å². The van der Waals surface area contributed by atoms with Crippen LogP contribution in [0.2, 0.25) is 0 Å². The van der Waals surface area contributed by atoms with Gasteiger partial charge in [0.2, 0.25) is 5.91 Å². The van der Waals surface area contributed by atoms with E-state index in [1.165, 1.54) is 5.56 Å². The molecule has 158 valence electrons. The Labute approximate surface area is 186 Å².